The van der Waals surface area contributed by atoms with Gasteiger partial charge in [0, 0.05) is 43.2 Å². The van der Waals surface area contributed by atoms with Crippen molar-refractivity contribution in [3.8, 4) is 0 Å². The fourth-order valence-electron chi connectivity index (χ4n) is 3.56. The number of aromatic nitrogens is 2. The highest BCUT2D eigenvalue weighted by Crippen LogP contribution is 2.35. The van der Waals surface area contributed by atoms with E-state index in [1.54, 1.807) is 11.3 Å². The second-order valence-electron chi connectivity index (χ2n) is 7.41. The normalized spacial score (nSPS) is 15.2. The van der Waals surface area contributed by atoms with Crippen LogP contribution in [-0.4, -0.2) is 48.2 Å². The van der Waals surface area contributed by atoms with Crippen LogP contribution in [0.15, 0.2) is 18.2 Å². The van der Waals surface area contributed by atoms with Crippen molar-refractivity contribution in [1.82, 2.24) is 14.9 Å². The van der Waals surface area contributed by atoms with Gasteiger partial charge in [0.05, 0.1) is 25.1 Å². The van der Waals surface area contributed by atoms with Crippen molar-refractivity contribution in [2.24, 2.45) is 0 Å². The molecule has 1 fully saturated rings. The van der Waals surface area contributed by atoms with E-state index in [-0.39, 0.29) is 0 Å². The molecule has 1 aliphatic heterocycles. The van der Waals surface area contributed by atoms with E-state index in [2.05, 4.69) is 18.7 Å². The van der Waals surface area contributed by atoms with E-state index in [0.717, 1.165) is 59.8 Å². The molecule has 1 aliphatic rings. The molecule has 0 N–H and O–H groups in total. The average Bonchev–Trinajstić information content (AvgIpc) is 2.98. The van der Waals surface area contributed by atoms with E-state index in [4.69, 9.17) is 14.7 Å². The molecule has 0 saturated carbocycles. The molecule has 3 aromatic rings. The van der Waals surface area contributed by atoms with E-state index in [1.807, 2.05) is 11.9 Å². The molecular formula is C21H24F2N4OS. The SMILES string of the molecule is Cc1sc2nc(CN3CCOCC3)nc(N(C)Cc3ccc(F)cc3F)c2c1C. The van der Waals surface area contributed by atoms with Gasteiger partial charge in [-0.25, -0.2) is 18.7 Å². The van der Waals surface area contributed by atoms with Gasteiger partial charge in [0.25, 0.3) is 0 Å². The summed E-state index contributed by atoms with van der Waals surface area (Å²) in [4.78, 5) is 16.0. The Bertz CT molecular complexity index is 1030. The van der Waals surface area contributed by atoms with Crippen LogP contribution in [0.25, 0.3) is 10.2 Å². The lowest BCUT2D eigenvalue weighted by Gasteiger charge is -2.26. The molecular weight excluding hydrogens is 394 g/mol. The Hall–Kier alpha value is -2.16. The van der Waals surface area contributed by atoms with Gasteiger partial charge >= 0.3 is 0 Å². The maximum atomic E-state index is 14.2. The topological polar surface area (TPSA) is 41.5 Å². The minimum atomic E-state index is -0.574. The van der Waals surface area contributed by atoms with Crippen molar-refractivity contribution < 1.29 is 13.5 Å². The third kappa shape index (κ3) is 4.24. The molecule has 0 atom stereocenters. The molecule has 154 valence electrons. The summed E-state index contributed by atoms with van der Waals surface area (Å²) in [5.41, 5.74) is 1.57. The summed E-state index contributed by atoms with van der Waals surface area (Å²) in [5.74, 6) is 0.412. The lowest BCUT2D eigenvalue weighted by Crippen LogP contribution is -2.36. The number of fused-ring (bicyclic) bond motifs is 1. The number of nitrogens with zero attached hydrogens (tertiary/aromatic N) is 4. The van der Waals surface area contributed by atoms with Crippen LogP contribution in [0, 0.1) is 25.5 Å². The summed E-state index contributed by atoms with van der Waals surface area (Å²) in [7, 11) is 1.88. The molecule has 4 rings (SSSR count). The largest absolute Gasteiger partial charge is 0.379 e. The maximum Gasteiger partial charge on any atom is 0.146 e. The van der Waals surface area contributed by atoms with Gasteiger partial charge in [0.1, 0.15) is 28.1 Å². The fourth-order valence-corrected chi connectivity index (χ4v) is 4.60. The summed E-state index contributed by atoms with van der Waals surface area (Å²) >= 11 is 1.65. The molecule has 0 bridgehead atoms. The third-order valence-corrected chi connectivity index (χ3v) is 6.41. The molecule has 29 heavy (non-hydrogen) atoms. The van der Waals surface area contributed by atoms with E-state index < -0.39 is 11.6 Å². The number of aryl methyl sites for hydroxylation is 2. The second kappa shape index (κ2) is 8.30. The summed E-state index contributed by atoms with van der Waals surface area (Å²) in [6, 6.07) is 3.69. The summed E-state index contributed by atoms with van der Waals surface area (Å²) in [5, 5.41) is 1.00. The Morgan fingerprint density at radius 1 is 1.17 bits per heavy atom. The zero-order valence-corrected chi connectivity index (χ0v) is 17.7. The number of benzene rings is 1. The molecule has 3 heterocycles. The fraction of sp³-hybridized carbons (Fsp3) is 0.429. The number of ether oxygens (including phenoxy) is 1. The Morgan fingerprint density at radius 2 is 1.93 bits per heavy atom. The molecule has 0 unspecified atom stereocenters. The van der Waals surface area contributed by atoms with E-state index in [0.29, 0.717) is 18.7 Å². The van der Waals surface area contributed by atoms with Crippen molar-refractivity contribution in [2.75, 3.05) is 38.3 Å². The minimum Gasteiger partial charge on any atom is -0.379 e. The van der Waals surface area contributed by atoms with Crippen LogP contribution < -0.4 is 4.90 Å². The first-order valence-electron chi connectivity index (χ1n) is 9.64. The molecule has 1 saturated heterocycles. The highest BCUT2D eigenvalue weighted by Gasteiger charge is 2.20. The van der Waals surface area contributed by atoms with Crippen LogP contribution in [-0.2, 0) is 17.8 Å². The van der Waals surface area contributed by atoms with Gasteiger partial charge in [0.2, 0.25) is 0 Å². The summed E-state index contributed by atoms with van der Waals surface area (Å²) in [6.45, 7) is 8.24. The van der Waals surface area contributed by atoms with Crippen molar-refractivity contribution in [3.05, 3.63) is 51.7 Å². The molecule has 1 aromatic carbocycles. The number of thiophene rings is 1. The van der Waals surface area contributed by atoms with Gasteiger partial charge in [-0.3, -0.25) is 4.90 Å². The second-order valence-corrected chi connectivity index (χ2v) is 8.61. The zero-order valence-electron chi connectivity index (χ0n) is 16.8. The molecule has 5 nitrogen and oxygen atoms in total. The number of hydrogen-bond acceptors (Lipinski definition) is 6. The number of rotatable bonds is 5. The minimum absolute atomic E-state index is 0.295. The van der Waals surface area contributed by atoms with Crippen LogP contribution >= 0.6 is 11.3 Å². The Labute approximate surface area is 172 Å². The molecule has 0 amide bonds. The maximum absolute atomic E-state index is 14.2. The first kappa shape index (κ1) is 20.1. The predicted molar refractivity (Wildman–Crippen MR) is 111 cm³/mol. The average molecular weight is 419 g/mol. The first-order chi connectivity index (χ1) is 13.9. The zero-order chi connectivity index (χ0) is 20.5. The van der Waals surface area contributed by atoms with Crippen molar-refractivity contribution >= 4 is 27.4 Å². The van der Waals surface area contributed by atoms with Gasteiger partial charge in [-0.2, -0.15) is 0 Å². The van der Waals surface area contributed by atoms with Crippen molar-refractivity contribution in [3.63, 3.8) is 0 Å². The quantitative estimate of drug-likeness (QED) is 0.625. The number of halogens is 2. The number of anilines is 1. The van der Waals surface area contributed by atoms with Crippen LogP contribution in [0.1, 0.15) is 21.8 Å². The summed E-state index contributed by atoms with van der Waals surface area (Å²) in [6.07, 6.45) is 0. The van der Waals surface area contributed by atoms with Crippen LogP contribution in [0.4, 0.5) is 14.6 Å². The van der Waals surface area contributed by atoms with Crippen LogP contribution in [0.3, 0.4) is 0 Å². The Kier molecular flexibility index (Phi) is 5.76. The van der Waals surface area contributed by atoms with E-state index >= 15 is 0 Å². The van der Waals surface area contributed by atoms with Crippen LogP contribution in [0.2, 0.25) is 0 Å². The van der Waals surface area contributed by atoms with Crippen molar-refractivity contribution in [1.29, 1.82) is 0 Å². The molecule has 0 spiro atoms. The molecule has 2 aromatic heterocycles. The third-order valence-electron chi connectivity index (χ3n) is 5.31. The Balaban J connectivity index is 1.70. The van der Waals surface area contributed by atoms with Crippen LogP contribution in [0.5, 0.6) is 0 Å². The molecule has 0 radical (unpaired) electrons. The Morgan fingerprint density at radius 3 is 2.66 bits per heavy atom. The van der Waals surface area contributed by atoms with Gasteiger partial charge in [-0.05, 0) is 25.5 Å². The lowest BCUT2D eigenvalue weighted by molar-refractivity contribution is 0.0331. The molecule has 0 aliphatic carbocycles. The monoisotopic (exact) mass is 418 g/mol. The van der Waals surface area contributed by atoms with Crippen molar-refractivity contribution in [2.45, 2.75) is 26.9 Å². The van der Waals surface area contributed by atoms with E-state index in [1.165, 1.54) is 17.0 Å². The smallest absolute Gasteiger partial charge is 0.146 e. The predicted octanol–water partition coefficient (Wildman–Crippen LogP) is 4.05. The van der Waals surface area contributed by atoms with Gasteiger partial charge < -0.3 is 9.64 Å². The first-order valence-corrected chi connectivity index (χ1v) is 10.5. The van der Waals surface area contributed by atoms with E-state index in [9.17, 15) is 8.78 Å². The van der Waals surface area contributed by atoms with Gasteiger partial charge in [0.15, 0.2) is 0 Å². The number of hydrogen-bond donors (Lipinski definition) is 0. The number of morpholine rings is 1. The lowest BCUT2D eigenvalue weighted by atomic mass is 10.1. The van der Waals surface area contributed by atoms with Gasteiger partial charge in [-0.1, -0.05) is 6.07 Å². The molecule has 8 heteroatoms. The standard InChI is InChI=1S/C21H24F2N4OS/c1-13-14(2)29-21-19(13)20(24-18(25-21)12-27-6-8-28-9-7-27)26(3)11-15-4-5-16(22)10-17(15)23/h4-5,10H,6-9,11-12H2,1-3H3. The highest BCUT2D eigenvalue weighted by molar-refractivity contribution is 7.18. The van der Waals surface area contributed by atoms with Gasteiger partial charge in [-0.15, -0.1) is 11.3 Å². The highest BCUT2D eigenvalue weighted by atomic mass is 32.1. The summed E-state index contributed by atoms with van der Waals surface area (Å²) < 4.78 is 32.9.